The summed E-state index contributed by atoms with van der Waals surface area (Å²) < 4.78 is 25.3. The average Bonchev–Trinajstić information content (AvgIpc) is 2.43. The van der Waals surface area contributed by atoms with Crippen LogP contribution >= 0.6 is 0 Å². The van der Waals surface area contributed by atoms with E-state index < -0.39 is 10.0 Å². The second-order valence-electron chi connectivity index (χ2n) is 5.21. The number of benzene rings is 1. The van der Waals surface area contributed by atoms with Crippen LogP contribution in [0.4, 0.5) is 5.69 Å². The number of rotatable bonds is 7. The molecule has 0 spiro atoms. The molecule has 0 heterocycles. The molecule has 5 nitrogen and oxygen atoms in total. The quantitative estimate of drug-likeness (QED) is 0.838. The first-order valence-electron chi connectivity index (χ1n) is 7.12. The van der Waals surface area contributed by atoms with E-state index in [4.69, 9.17) is 0 Å². The number of anilines is 1. The molecule has 0 aliphatic rings. The zero-order valence-corrected chi connectivity index (χ0v) is 13.9. The number of hydrogen-bond donors (Lipinski definition) is 1. The Kier molecular flexibility index (Phi) is 6.36. The van der Waals surface area contributed by atoms with Crippen LogP contribution in [0.2, 0.25) is 0 Å². The van der Waals surface area contributed by atoms with E-state index in [1.54, 1.807) is 11.8 Å². The van der Waals surface area contributed by atoms with Gasteiger partial charge in [0.15, 0.2) is 0 Å². The number of nitrogens with one attached hydrogen (secondary N) is 1. The van der Waals surface area contributed by atoms with Gasteiger partial charge in [-0.05, 0) is 30.5 Å². The van der Waals surface area contributed by atoms with Crippen LogP contribution in [-0.2, 0) is 14.8 Å². The van der Waals surface area contributed by atoms with Crippen molar-refractivity contribution in [2.75, 3.05) is 23.7 Å². The molecule has 0 saturated carbocycles. The van der Waals surface area contributed by atoms with E-state index in [0.717, 1.165) is 5.69 Å². The predicted octanol–water partition coefficient (Wildman–Crippen LogP) is 2.10. The first kappa shape index (κ1) is 17.7. The Balaban J connectivity index is 2.76. The van der Waals surface area contributed by atoms with Crippen molar-refractivity contribution in [3.05, 3.63) is 29.8 Å². The van der Waals surface area contributed by atoms with E-state index in [-0.39, 0.29) is 18.2 Å². The molecule has 6 heteroatoms. The standard InChI is InChI=1S/C15H24N2O3S/c1-5-21(19,20)16-10-11-17(13(4)18)15-8-6-14(7-9-15)12(2)3/h6-9,12,16H,5,10-11H2,1-4H3. The van der Waals surface area contributed by atoms with Crippen LogP contribution in [-0.4, -0.2) is 33.2 Å². The zero-order valence-electron chi connectivity index (χ0n) is 13.1. The maximum Gasteiger partial charge on any atom is 0.223 e. The summed E-state index contributed by atoms with van der Waals surface area (Å²) in [5.74, 6) is 0.361. The predicted molar refractivity (Wildman–Crippen MR) is 86.0 cm³/mol. The fourth-order valence-corrected chi connectivity index (χ4v) is 2.53. The van der Waals surface area contributed by atoms with E-state index in [1.807, 2.05) is 24.3 Å². The van der Waals surface area contributed by atoms with Gasteiger partial charge in [-0.3, -0.25) is 4.79 Å². The number of nitrogens with zero attached hydrogens (tertiary/aromatic N) is 1. The van der Waals surface area contributed by atoms with Crippen LogP contribution in [0, 0.1) is 0 Å². The highest BCUT2D eigenvalue weighted by molar-refractivity contribution is 7.89. The van der Waals surface area contributed by atoms with Crippen LogP contribution in [0.3, 0.4) is 0 Å². The summed E-state index contributed by atoms with van der Waals surface area (Å²) in [4.78, 5) is 13.3. The lowest BCUT2D eigenvalue weighted by molar-refractivity contribution is -0.116. The first-order chi connectivity index (χ1) is 9.76. The van der Waals surface area contributed by atoms with Crippen molar-refractivity contribution >= 4 is 21.6 Å². The molecule has 21 heavy (non-hydrogen) atoms. The average molecular weight is 312 g/mol. The first-order valence-corrected chi connectivity index (χ1v) is 8.77. The SMILES string of the molecule is CCS(=O)(=O)NCCN(C(C)=O)c1ccc(C(C)C)cc1. The Bertz CT molecular complexity index is 565. The van der Waals surface area contributed by atoms with Crippen LogP contribution in [0.1, 0.15) is 39.2 Å². The molecule has 0 aromatic heterocycles. The van der Waals surface area contributed by atoms with Gasteiger partial charge in [0.2, 0.25) is 15.9 Å². The molecule has 0 aliphatic carbocycles. The summed E-state index contributed by atoms with van der Waals surface area (Å²) in [5, 5.41) is 0. The van der Waals surface area contributed by atoms with E-state index in [1.165, 1.54) is 12.5 Å². The lowest BCUT2D eigenvalue weighted by Crippen LogP contribution is -2.38. The smallest absolute Gasteiger partial charge is 0.223 e. The lowest BCUT2D eigenvalue weighted by atomic mass is 10.0. The largest absolute Gasteiger partial charge is 0.311 e. The van der Waals surface area contributed by atoms with Gasteiger partial charge in [-0.2, -0.15) is 0 Å². The number of amides is 1. The minimum Gasteiger partial charge on any atom is -0.311 e. The Morgan fingerprint density at radius 3 is 2.24 bits per heavy atom. The minimum absolute atomic E-state index is 0.0379. The van der Waals surface area contributed by atoms with Crippen molar-refractivity contribution in [2.24, 2.45) is 0 Å². The maximum atomic E-state index is 11.7. The molecule has 1 aromatic carbocycles. The molecule has 0 atom stereocenters. The van der Waals surface area contributed by atoms with E-state index >= 15 is 0 Å². The van der Waals surface area contributed by atoms with Crippen LogP contribution in [0.25, 0.3) is 0 Å². The van der Waals surface area contributed by atoms with Gasteiger partial charge in [0, 0.05) is 25.7 Å². The summed E-state index contributed by atoms with van der Waals surface area (Å²) in [7, 11) is -3.23. The molecule has 0 unspecified atom stereocenters. The highest BCUT2D eigenvalue weighted by Crippen LogP contribution is 2.20. The molecule has 1 rings (SSSR count). The van der Waals surface area contributed by atoms with Crippen molar-refractivity contribution in [1.29, 1.82) is 0 Å². The molecule has 0 aliphatic heterocycles. The molecular weight excluding hydrogens is 288 g/mol. The van der Waals surface area contributed by atoms with E-state index in [9.17, 15) is 13.2 Å². The van der Waals surface area contributed by atoms with Gasteiger partial charge < -0.3 is 4.90 Å². The summed E-state index contributed by atoms with van der Waals surface area (Å²) in [6.45, 7) is 7.80. The molecule has 1 N–H and O–H groups in total. The van der Waals surface area contributed by atoms with Crippen molar-refractivity contribution in [2.45, 2.75) is 33.6 Å². The molecule has 0 radical (unpaired) electrons. The second-order valence-corrected chi connectivity index (χ2v) is 7.31. The molecule has 0 fully saturated rings. The highest BCUT2D eigenvalue weighted by Gasteiger charge is 2.13. The van der Waals surface area contributed by atoms with Crippen LogP contribution < -0.4 is 9.62 Å². The molecule has 118 valence electrons. The van der Waals surface area contributed by atoms with Gasteiger partial charge in [-0.15, -0.1) is 0 Å². The van der Waals surface area contributed by atoms with E-state index in [2.05, 4.69) is 18.6 Å². The number of carbonyl (C=O) groups excluding carboxylic acids is 1. The minimum atomic E-state index is -3.23. The Labute approximate surface area is 127 Å². The van der Waals surface area contributed by atoms with Gasteiger partial charge in [0.25, 0.3) is 0 Å². The van der Waals surface area contributed by atoms with Crippen molar-refractivity contribution < 1.29 is 13.2 Å². The lowest BCUT2D eigenvalue weighted by Gasteiger charge is -2.22. The van der Waals surface area contributed by atoms with Gasteiger partial charge in [0.1, 0.15) is 0 Å². The third-order valence-electron chi connectivity index (χ3n) is 3.29. The van der Waals surface area contributed by atoms with Crippen LogP contribution in [0.5, 0.6) is 0 Å². The van der Waals surface area contributed by atoms with Gasteiger partial charge in [-0.1, -0.05) is 26.0 Å². The Morgan fingerprint density at radius 2 is 1.81 bits per heavy atom. The third kappa shape index (κ3) is 5.47. The topological polar surface area (TPSA) is 66.5 Å². The summed E-state index contributed by atoms with van der Waals surface area (Å²) in [6, 6.07) is 7.77. The van der Waals surface area contributed by atoms with Gasteiger partial charge in [0.05, 0.1) is 5.75 Å². The van der Waals surface area contributed by atoms with Crippen LogP contribution in [0.15, 0.2) is 24.3 Å². The monoisotopic (exact) mass is 312 g/mol. The highest BCUT2D eigenvalue weighted by atomic mass is 32.2. The third-order valence-corrected chi connectivity index (χ3v) is 4.69. The van der Waals surface area contributed by atoms with Crippen molar-refractivity contribution in [1.82, 2.24) is 4.72 Å². The molecular formula is C15H24N2O3S. The maximum absolute atomic E-state index is 11.7. The fourth-order valence-electron chi connectivity index (χ4n) is 1.92. The van der Waals surface area contributed by atoms with Crippen molar-refractivity contribution in [3.8, 4) is 0 Å². The number of hydrogen-bond acceptors (Lipinski definition) is 3. The summed E-state index contributed by atoms with van der Waals surface area (Å²) in [5.41, 5.74) is 1.98. The Morgan fingerprint density at radius 1 is 1.24 bits per heavy atom. The summed E-state index contributed by atoms with van der Waals surface area (Å²) >= 11 is 0. The normalized spacial score (nSPS) is 11.7. The number of carbonyl (C=O) groups is 1. The van der Waals surface area contributed by atoms with Gasteiger partial charge >= 0.3 is 0 Å². The van der Waals surface area contributed by atoms with Crippen molar-refractivity contribution in [3.63, 3.8) is 0 Å². The number of sulfonamides is 1. The van der Waals surface area contributed by atoms with Gasteiger partial charge in [-0.25, -0.2) is 13.1 Å². The molecule has 0 saturated heterocycles. The fraction of sp³-hybridized carbons (Fsp3) is 0.533. The second kappa shape index (κ2) is 7.56. The zero-order chi connectivity index (χ0) is 16.0. The molecule has 1 aromatic rings. The van der Waals surface area contributed by atoms with E-state index in [0.29, 0.717) is 12.5 Å². The molecule has 0 bridgehead atoms. The summed E-state index contributed by atoms with van der Waals surface area (Å²) in [6.07, 6.45) is 0. The molecule has 1 amide bonds. The Hall–Kier alpha value is -1.40.